The second kappa shape index (κ2) is 5.13. The topological polar surface area (TPSA) is 0 Å². The fourth-order valence-corrected chi connectivity index (χ4v) is 3.58. The molecule has 0 fully saturated rings. The van der Waals surface area contributed by atoms with Crippen LogP contribution in [0.2, 0.25) is 0 Å². The first-order valence-corrected chi connectivity index (χ1v) is 7.11. The highest BCUT2D eigenvalue weighted by Crippen LogP contribution is 2.32. The highest BCUT2D eigenvalue weighted by Gasteiger charge is 2.06. The zero-order valence-electron chi connectivity index (χ0n) is 6.08. The van der Waals surface area contributed by atoms with Crippen LogP contribution >= 0.6 is 63.7 Å². The summed E-state index contributed by atoms with van der Waals surface area (Å²) in [6, 6.07) is 4.22. The van der Waals surface area contributed by atoms with Crippen LogP contribution in [-0.2, 0) is 10.7 Å². The third-order valence-corrected chi connectivity index (χ3v) is 5.08. The van der Waals surface area contributed by atoms with E-state index < -0.39 is 0 Å². The summed E-state index contributed by atoms with van der Waals surface area (Å²) < 4.78 is 2.27. The maximum Gasteiger partial charge on any atom is 0.0361 e. The highest BCUT2D eigenvalue weighted by atomic mass is 79.9. The van der Waals surface area contributed by atoms with Crippen molar-refractivity contribution >= 4 is 63.7 Å². The van der Waals surface area contributed by atoms with Crippen molar-refractivity contribution in [3.63, 3.8) is 0 Å². The summed E-state index contributed by atoms with van der Waals surface area (Å²) in [6.07, 6.45) is 0. The van der Waals surface area contributed by atoms with E-state index in [9.17, 15) is 0 Å². The zero-order valence-corrected chi connectivity index (χ0v) is 12.4. The molecule has 0 heterocycles. The summed E-state index contributed by atoms with van der Waals surface area (Å²) in [5, 5.41) is 1.74. The van der Waals surface area contributed by atoms with Gasteiger partial charge in [-0.25, -0.2) is 0 Å². The molecule has 12 heavy (non-hydrogen) atoms. The first-order chi connectivity index (χ1) is 5.70. The number of halogens is 4. The smallest absolute Gasteiger partial charge is 0.0361 e. The fourth-order valence-electron chi connectivity index (χ4n) is 0.836. The lowest BCUT2D eigenvalue weighted by atomic mass is 10.2. The molecule has 0 N–H and O–H groups in total. The van der Waals surface area contributed by atoms with E-state index in [2.05, 4.69) is 75.9 Å². The van der Waals surface area contributed by atoms with Gasteiger partial charge in [-0.05, 0) is 43.0 Å². The van der Waals surface area contributed by atoms with E-state index >= 15 is 0 Å². The first kappa shape index (κ1) is 11.2. The summed E-state index contributed by atoms with van der Waals surface area (Å²) in [7, 11) is 0. The molecule has 66 valence electrons. The summed E-state index contributed by atoms with van der Waals surface area (Å²) >= 11 is 13.9. The molecule has 0 atom stereocenters. The SMILES string of the molecule is BrCc1ccc(CBr)c(Br)c1Br. The molecule has 0 amide bonds. The van der Waals surface area contributed by atoms with Crippen molar-refractivity contribution in [2.24, 2.45) is 0 Å². The Hall–Kier alpha value is 1.14. The van der Waals surface area contributed by atoms with Crippen molar-refractivity contribution < 1.29 is 0 Å². The molecule has 0 saturated heterocycles. The Kier molecular flexibility index (Phi) is 4.79. The van der Waals surface area contributed by atoms with Crippen LogP contribution in [0.4, 0.5) is 0 Å². The summed E-state index contributed by atoms with van der Waals surface area (Å²) in [5.74, 6) is 0. The largest absolute Gasteiger partial charge is 0.0876 e. The van der Waals surface area contributed by atoms with Gasteiger partial charge in [-0.15, -0.1) is 0 Å². The van der Waals surface area contributed by atoms with E-state index in [4.69, 9.17) is 0 Å². The molecule has 4 heteroatoms. The van der Waals surface area contributed by atoms with E-state index in [1.54, 1.807) is 0 Å². The second-order valence-corrected chi connectivity index (χ2v) is 4.99. The van der Waals surface area contributed by atoms with Crippen LogP contribution in [0.5, 0.6) is 0 Å². The molecule has 1 rings (SSSR count). The molecule has 0 aromatic heterocycles. The average molecular weight is 422 g/mol. The van der Waals surface area contributed by atoms with Crippen LogP contribution in [0, 0.1) is 0 Å². The van der Waals surface area contributed by atoms with Gasteiger partial charge in [-0.1, -0.05) is 44.0 Å². The number of hydrogen-bond donors (Lipinski definition) is 0. The lowest BCUT2D eigenvalue weighted by molar-refractivity contribution is 1.30. The lowest BCUT2D eigenvalue weighted by Crippen LogP contribution is -1.86. The molecule has 0 aliphatic rings. The molecule has 0 aliphatic heterocycles. The van der Waals surface area contributed by atoms with Crippen molar-refractivity contribution in [2.75, 3.05) is 0 Å². The number of rotatable bonds is 2. The molecule has 0 unspecified atom stereocenters. The lowest BCUT2D eigenvalue weighted by Gasteiger charge is -2.06. The zero-order chi connectivity index (χ0) is 9.14. The summed E-state index contributed by atoms with van der Waals surface area (Å²) in [6.45, 7) is 0. The van der Waals surface area contributed by atoms with Gasteiger partial charge in [0, 0.05) is 19.6 Å². The monoisotopic (exact) mass is 418 g/mol. The van der Waals surface area contributed by atoms with E-state index in [1.807, 2.05) is 0 Å². The standard InChI is InChI=1S/C8H6Br4/c9-3-5-1-2-6(4-10)8(12)7(5)11/h1-2H,3-4H2. The van der Waals surface area contributed by atoms with Gasteiger partial charge >= 0.3 is 0 Å². The molecule has 1 aromatic rings. The van der Waals surface area contributed by atoms with E-state index in [-0.39, 0.29) is 0 Å². The van der Waals surface area contributed by atoms with E-state index in [0.29, 0.717) is 0 Å². The predicted octanol–water partition coefficient (Wildman–Crippen LogP) is 5.00. The number of hydrogen-bond acceptors (Lipinski definition) is 0. The maximum atomic E-state index is 3.53. The predicted molar refractivity (Wildman–Crippen MR) is 67.1 cm³/mol. The Morgan fingerprint density at radius 1 is 0.833 bits per heavy atom. The van der Waals surface area contributed by atoms with Gasteiger partial charge in [0.1, 0.15) is 0 Å². The molecule has 0 saturated carbocycles. The third kappa shape index (κ3) is 2.34. The minimum Gasteiger partial charge on any atom is -0.0876 e. The van der Waals surface area contributed by atoms with Crippen LogP contribution in [0.3, 0.4) is 0 Å². The van der Waals surface area contributed by atoms with Crippen LogP contribution in [0.1, 0.15) is 11.1 Å². The first-order valence-electron chi connectivity index (χ1n) is 3.28. The molecular weight excluding hydrogens is 416 g/mol. The quantitative estimate of drug-likeness (QED) is 0.589. The van der Waals surface area contributed by atoms with Crippen LogP contribution in [0.15, 0.2) is 21.1 Å². The second-order valence-electron chi connectivity index (χ2n) is 2.28. The third-order valence-electron chi connectivity index (χ3n) is 1.53. The van der Waals surface area contributed by atoms with Crippen molar-refractivity contribution in [3.8, 4) is 0 Å². The van der Waals surface area contributed by atoms with Gasteiger partial charge in [0.2, 0.25) is 0 Å². The minimum atomic E-state index is 0.870. The highest BCUT2D eigenvalue weighted by molar-refractivity contribution is 9.13. The van der Waals surface area contributed by atoms with Gasteiger partial charge in [-0.2, -0.15) is 0 Å². The van der Waals surface area contributed by atoms with Crippen molar-refractivity contribution in [1.82, 2.24) is 0 Å². The van der Waals surface area contributed by atoms with Crippen LogP contribution in [0.25, 0.3) is 0 Å². The number of alkyl halides is 2. The molecular formula is C8H6Br4. The van der Waals surface area contributed by atoms with Gasteiger partial charge in [0.15, 0.2) is 0 Å². The summed E-state index contributed by atoms with van der Waals surface area (Å²) in [5.41, 5.74) is 2.51. The Morgan fingerprint density at radius 2 is 1.17 bits per heavy atom. The molecule has 0 nitrogen and oxygen atoms in total. The fraction of sp³-hybridized carbons (Fsp3) is 0.250. The van der Waals surface area contributed by atoms with Gasteiger partial charge in [0.05, 0.1) is 0 Å². The Labute approximate surface area is 106 Å². The van der Waals surface area contributed by atoms with Gasteiger partial charge < -0.3 is 0 Å². The molecule has 0 aliphatic carbocycles. The Morgan fingerprint density at radius 3 is 1.42 bits per heavy atom. The van der Waals surface area contributed by atoms with Crippen LogP contribution < -0.4 is 0 Å². The van der Waals surface area contributed by atoms with Crippen LogP contribution in [-0.4, -0.2) is 0 Å². The van der Waals surface area contributed by atoms with Crippen molar-refractivity contribution in [1.29, 1.82) is 0 Å². The Bertz CT molecular complexity index is 254. The average Bonchev–Trinajstić information content (AvgIpc) is 2.10. The molecule has 0 bridgehead atoms. The maximum absolute atomic E-state index is 3.53. The van der Waals surface area contributed by atoms with Gasteiger partial charge in [0.25, 0.3) is 0 Å². The normalized spacial score (nSPS) is 10.3. The van der Waals surface area contributed by atoms with E-state index in [0.717, 1.165) is 19.6 Å². The molecule has 0 radical (unpaired) electrons. The molecule has 0 spiro atoms. The number of benzene rings is 1. The minimum absolute atomic E-state index is 0.870. The Balaban J connectivity index is 3.20. The summed E-state index contributed by atoms with van der Waals surface area (Å²) in [4.78, 5) is 0. The molecule has 1 aromatic carbocycles. The van der Waals surface area contributed by atoms with E-state index in [1.165, 1.54) is 11.1 Å². The van der Waals surface area contributed by atoms with Gasteiger partial charge in [-0.3, -0.25) is 0 Å². The van der Waals surface area contributed by atoms with Crippen molar-refractivity contribution in [2.45, 2.75) is 10.7 Å². The van der Waals surface area contributed by atoms with Crippen molar-refractivity contribution in [3.05, 3.63) is 32.2 Å².